The molecule has 0 bridgehead atoms. The first-order chi connectivity index (χ1) is 11.3. The van der Waals surface area contributed by atoms with Gasteiger partial charge in [0, 0.05) is 30.9 Å². The van der Waals surface area contributed by atoms with E-state index in [0.29, 0.717) is 5.54 Å². The number of likely N-dealkylation sites (tertiary alicyclic amines) is 1. The number of nitrogens with zero attached hydrogens (tertiary/aromatic N) is 2. The summed E-state index contributed by atoms with van der Waals surface area (Å²) in [5.74, 6) is 0. The number of piperidine rings is 1. The van der Waals surface area contributed by atoms with E-state index in [4.69, 9.17) is 0 Å². The van der Waals surface area contributed by atoms with Crippen LogP contribution in [0.3, 0.4) is 0 Å². The van der Waals surface area contributed by atoms with E-state index >= 15 is 0 Å². The lowest BCUT2D eigenvalue weighted by Crippen LogP contribution is -2.50. The molecule has 0 saturated carbocycles. The number of nitrogens with one attached hydrogen (secondary N) is 1. The molecule has 0 amide bonds. The van der Waals surface area contributed by atoms with Crippen LogP contribution in [0.4, 0.5) is 5.69 Å². The van der Waals surface area contributed by atoms with Crippen molar-refractivity contribution >= 4 is 5.69 Å². The molecule has 0 atom stereocenters. The highest BCUT2D eigenvalue weighted by Crippen LogP contribution is 2.38. The summed E-state index contributed by atoms with van der Waals surface area (Å²) in [5.41, 5.74) is 4.88. The van der Waals surface area contributed by atoms with E-state index < -0.39 is 0 Å². The molecule has 3 heteroatoms. The summed E-state index contributed by atoms with van der Waals surface area (Å²) in [7, 11) is 0. The largest absolute Gasteiger partial charge is 0.372 e. The van der Waals surface area contributed by atoms with Gasteiger partial charge in [-0.15, -0.1) is 0 Å². The van der Waals surface area contributed by atoms with Crippen LogP contribution in [0, 0.1) is 6.92 Å². The van der Waals surface area contributed by atoms with Crippen molar-refractivity contribution in [1.82, 2.24) is 10.2 Å². The minimum atomic E-state index is 0.489. The summed E-state index contributed by atoms with van der Waals surface area (Å²) >= 11 is 0. The van der Waals surface area contributed by atoms with Crippen molar-refractivity contribution in [2.24, 2.45) is 0 Å². The first kappa shape index (κ1) is 15.5. The Kier molecular flexibility index (Phi) is 4.33. The Balaban J connectivity index is 1.53. The molecular formula is C20H31N3. The first-order valence-electron chi connectivity index (χ1n) is 9.57. The number of hydrogen-bond acceptors (Lipinski definition) is 3. The minimum Gasteiger partial charge on any atom is -0.372 e. The maximum atomic E-state index is 3.54. The highest BCUT2D eigenvalue weighted by Gasteiger charge is 2.41. The number of aryl methyl sites for hydroxylation is 1. The fourth-order valence-electron chi connectivity index (χ4n) is 5.01. The lowest BCUT2D eigenvalue weighted by molar-refractivity contribution is 0.0928. The molecule has 3 heterocycles. The van der Waals surface area contributed by atoms with Crippen molar-refractivity contribution < 1.29 is 0 Å². The Hall–Kier alpha value is -1.06. The monoisotopic (exact) mass is 313 g/mol. The van der Waals surface area contributed by atoms with Gasteiger partial charge in [-0.3, -0.25) is 4.90 Å². The molecule has 3 aliphatic rings. The summed E-state index contributed by atoms with van der Waals surface area (Å²) in [6.45, 7) is 9.56. The molecule has 0 aliphatic carbocycles. The van der Waals surface area contributed by atoms with Crippen molar-refractivity contribution in [1.29, 1.82) is 0 Å². The Bertz CT molecular complexity index is 542. The zero-order valence-corrected chi connectivity index (χ0v) is 14.6. The van der Waals surface area contributed by atoms with Gasteiger partial charge < -0.3 is 10.2 Å². The number of rotatable bonds is 3. The summed E-state index contributed by atoms with van der Waals surface area (Å²) < 4.78 is 0. The van der Waals surface area contributed by atoms with E-state index in [9.17, 15) is 0 Å². The van der Waals surface area contributed by atoms with Gasteiger partial charge in [-0.1, -0.05) is 6.07 Å². The molecule has 0 unspecified atom stereocenters. The van der Waals surface area contributed by atoms with Crippen molar-refractivity contribution in [3.63, 3.8) is 0 Å². The van der Waals surface area contributed by atoms with Gasteiger partial charge in [-0.05, 0) is 88.3 Å². The second-order valence-corrected chi connectivity index (χ2v) is 7.87. The van der Waals surface area contributed by atoms with Gasteiger partial charge in [0.25, 0.3) is 0 Å². The predicted molar refractivity (Wildman–Crippen MR) is 97.1 cm³/mol. The van der Waals surface area contributed by atoms with Crippen molar-refractivity contribution in [3.8, 4) is 0 Å². The quantitative estimate of drug-likeness (QED) is 0.923. The molecule has 23 heavy (non-hydrogen) atoms. The van der Waals surface area contributed by atoms with Gasteiger partial charge in [0.15, 0.2) is 0 Å². The van der Waals surface area contributed by atoms with Crippen LogP contribution in [0.1, 0.15) is 49.7 Å². The minimum absolute atomic E-state index is 0.489. The summed E-state index contributed by atoms with van der Waals surface area (Å²) in [6, 6.07) is 7.25. The lowest BCUT2D eigenvalue weighted by Gasteiger charge is -2.42. The normalized spacial score (nSPS) is 24.7. The highest BCUT2D eigenvalue weighted by atomic mass is 15.2. The average molecular weight is 313 g/mol. The average Bonchev–Trinajstić information content (AvgIpc) is 3.19. The summed E-state index contributed by atoms with van der Waals surface area (Å²) in [5, 5.41) is 3.54. The van der Waals surface area contributed by atoms with Crippen LogP contribution < -0.4 is 10.2 Å². The number of anilines is 1. The van der Waals surface area contributed by atoms with Crippen LogP contribution in [0.5, 0.6) is 0 Å². The molecule has 3 aliphatic heterocycles. The lowest BCUT2D eigenvalue weighted by atomic mass is 9.85. The SMILES string of the molecule is Cc1cc(CN2CCCC23CCNCC3)cc(N2CCCC2)c1. The fraction of sp³-hybridized carbons (Fsp3) is 0.700. The van der Waals surface area contributed by atoms with Crippen LogP contribution in [0.15, 0.2) is 18.2 Å². The molecular weight excluding hydrogens is 282 g/mol. The third-order valence-corrected chi connectivity index (χ3v) is 6.24. The van der Waals surface area contributed by atoms with Crippen LogP contribution in [0.2, 0.25) is 0 Å². The van der Waals surface area contributed by atoms with E-state index in [1.165, 1.54) is 88.1 Å². The zero-order chi connectivity index (χ0) is 15.7. The topological polar surface area (TPSA) is 18.5 Å². The third-order valence-electron chi connectivity index (χ3n) is 6.24. The smallest absolute Gasteiger partial charge is 0.0372 e. The van der Waals surface area contributed by atoms with Crippen molar-refractivity contribution in [2.45, 2.75) is 57.5 Å². The van der Waals surface area contributed by atoms with Gasteiger partial charge in [-0.2, -0.15) is 0 Å². The van der Waals surface area contributed by atoms with Crippen LogP contribution in [-0.2, 0) is 6.54 Å². The Morgan fingerprint density at radius 3 is 2.52 bits per heavy atom. The zero-order valence-electron chi connectivity index (χ0n) is 14.6. The second-order valence-electron chi connectivity index (χ2n) is 7.87. The molecule has 0 aromatic heterocycles. The molecule has 1 N–H and O–H groups in total. The van der Waals surface area contributed by atoms with E-state index in [1.807, 2.05) is 0 Å². The van der Waals surface area contributed by atoms with E-state index in [0.717, 1.165) is 6.54 Å². The van der Waals surface area contributed by atoms with Gasteiger partial charge in [0.1, 0.15) is 0 Å². The standard InChI is InChI=1S/C20H31N3/c1-17-13-18(15-19(14-17)22-10-2-3-11-22)16-23-12-4-5-20(23)6-8-21-9-7-20/h13-15,21H,2-12,16H2,1H3. The van der Waals surface area contributed by atoms with Crippen molar-refractivity contribution in [3.05, 3.63) is 29.3 Å². The second kappa shape index (κ2) is 6.45. The summed E-state index contributed by atoms with van der Waals surface area (Å²) in [6.07, 6.45) is 8.15. The Labute approximate surface area is 141 Å². The van der Waals surface area contributed by atoms with Gasteiger partial charge in [0.05, 0.1) is 0 Å². The predicted octanol–water partition coefficient (Wildman–Crippen LogP) is 3.31. The van der Waals surface area contributed by atoms with Crippen LogP contribution >= 0.6 is 0 Å². The van der Waals surface area contributed by atoms with Gasteiger partial charge >= 0.3 is 0 Å². The molecule has 0 radical (unpaired) electrons. The molecule has 3 nitrogen and oxygen atoms in total. The van der Waals surface area contributed by atoms with E-state index in [2.05, 4.69) is 40.2 Å². The maximum absolute atomic E-state index is 3.54. The molecule has 4 rings (SSSR count). The third kappa shape index (κ3) is 3.14. The first-order valence-corrected chi connectivity index (χ1v) is 9.57. The molecule has 1 aromatic carbocycles. The Morgan fingerprint density at radius 1 is 0.957 bits per heavy atom. The number of hydrogen-bond donors (Lipinski definition) is 1. The fourth-order valence-corrected chi connectivity index (χ4v) is 5.01. The Morgan fingerprint density at radius 2 is 1.74 bits per heavy atom. The van der Waals surface area contributed by atoms with E-state index in [-0.39, 0.29) is 0 Å². The maximum Gasteiger partial charge on any atom is 0.0372 e. The molecule has 3 fully saturated rings. The van der Waals surface area contributed by atoms with Crippen molar-refractivity contribution in [2.75, 3.05) is 37.6 Å². The van der Waals surface area contributed by atoms with Gasteiger partial charge in [-0.25, -0.2) is 0 Å². The molecule has 1 aromatic rings. The molecule has 3 saturated heterocycles. The van der Waals surface area contributed by atoms with Gasteiger partial charge in [0.2, 0.25) is 0 Å². The van der Waals surface area contributed by atoms with Crippen LogP contribution in [-0.4, -0.2) is 43.2 Å². The summed E-state index contributed by atoms with van der Waals surface area (Å²) in [4.78, 5) is 5.37. The number of benzene rings is 1. The molecule has 1 spiro atoms. The van der Waals surface area contributed by atoms with E-state index in [1.54, 1.807) is 0 Å². The highest BCUT2D eigenvalue weighted by molar-refractivity contribution is 5.51. The van der Waals surface area contributed by atoms with Crippen LogP contribution in [0.25, 0.3) is 0 Å². The molecule has 126 valence electrons.